The Morgan fingerprint density at radius 1 is 1.35 bits per heavy atom. The molecule has 1 aliphatic rings. The minimum absolute atomic E-state index is 0.669. The summed E-state index contributed by atoms with van der Waals surface area (Å²) in [6.45, 7) is 5.63. The monoisotopic (exact) mass is 232 g/mol. The molecule has 1 aliphatic heterocycles. The first-order valence-corrected chi connectivity index (χ1v) is 6.73. The van der Waals surface area contributed by atoms with E-state index < -0.39 is 0 Å². The molecule has 1 atom stereocenters. The highest BCUT2D eigenvalue weighted by atomic mass is 14.9. The van der Waals surface area contributed by atoms with Gasteiger partial charge in [-0.1, -0.05) is 29.8 Å². The fourth-order valence-corrected chi connectivity index (χ4v) is 2.92. The molecule has 1 aromatic rings. The Labute approximate surface area is 105 Å². The zero-order valence-electron chi connectivity index (χ0n) is 11.0. The summed E-state index contributed by atoms with van der Waals surface area (Å²) in [6, 6.07) is 9.01. The number of rotatable bonds is 4. The van der Waals surface area contributed by atoms with Gasteiger partial charge in [-0.3, -0.25) is 0 Å². The fourth-order valence-electron chi connectivity index (χ4n) is 2.92. The molecular weight excluding hydrogens is 208 g/mol. The van der Waals surface area contributed by atoms with E-state index in [1.165, 1.54) is 37.1 Å². The Kier molecular flexibility index (Phi) is 4.57. The molecule has 1 aromatic carbocycles. The molecule has 0 aromatic heterocycles. The van der Waals surface area contributed by atoms with Crippen LogP contribution >= 0.6 is 0 Å². The van der Waals surface area contributed by atoms with Crippen LogP contribution in [0.15, 0.2) is 24.3 Å². The molecule has 17 heavy (non-hydrogen) atoms. The van der Waals surface area contributed by atoms with Gasteiger partial charge in [0.15, 0.2) is 0 Å². The molecular formula is C15H24N2. The first-order chi connectivity index (χ1) is 8.31. The molecule has 94 valence electrons. The van der Waals surface area contributed by atoms with Crippen molar-refractivity contribution in [3.63, 3.8) is 0 Å². The molecule has 0 spiro atoms. The van der Waals surface area contributed by atoms with Gasteiger partial charge in [-0.15, -0.1) is 0 Å². The lowest BCUT2D eigenvalue weighted by Crippen LogP contribution is -2.34. The fraction of sp³-hybridized carbons (Fsp3) is 0.600. The molecule has 1 saturated heterocycles. The second-order valence-electron chi connectivity index (χ2n) is 5.17. The number of hydrogen-bond acceptors (Lipinski definition) is 2. The van der Waals surface area contributed by atoms with Gasteiger partial charge in [-0.05, 0) is 57.3 Å². The molecule has 0 radical (unpaired) electrons. The van der Waals surface area contributed by atoms with Crippen molar-refractivity contribution in [3.05, 3.63) is 35.4 Å². The maximum absolute atomic E-state index is 3.45. The highest BCUT2D eigenvalue weighted by molar-refractivity contribution is 5.26. The van der Waals surface area contributed by atoms with Gasteiger partial charge in [0, 0.05) is 6.54 Å². The van der Waals surface area contributed by atoms with Crippen LogP contribution in [0.5, 0.6) is 0 Å². The van der Waals surface area contributed by atoms with Gasteiger partial charge in [-0.2, -0.15) is 0 Å². The Bertz CT molecular complexity index is 343. The SMILES string of the molecule is CNCC(c1cccc(C)c1)C1CCNCC1. The summed E-state index contributed by atoms with van der Waals surface area (Å²) in [6.07, 6.45) is 2.61. The second kappa shape index (κ2) is 6.18. The predicted molar refractivity (Wildman–Crippen MR) is 73.4 cm³/mol. The van der Waals surface area contributed by atoms with Gasteiger partial charge in [0.1, 0.15) is 0 Å². The van der Waals surface area contributed by atoms with Crippen molar-refractivity contribution in [1.82, 2.24) is 10.6 Å². The van der Waals surface area contributed by atoms with Crippen LogP contribution in [0.3, 0.4) is 0 Å². The lowest BCUT2D eigenvalue weighted by molar-refractivity contribution is 0.313. The Morgan fingerprint density at radius 2 is 2.12 bits per heavy atom. The third-order valence-electron chi connectivity index (χ3n) is 3.85. The number of benzene rings is 1. The number of likely N-dealkylation sites (N-methyl/N-ethyl adjacent to an activating group) is 1. The lowest BCUT2D eigenvalue weighted by atomic mass is 9.80. The minimum atomic E-state index is 0.669. The van der Waals surface area contributed by atoms with E-state index in [4.69, 9.17) is 0 Å². The first kappa shape index (κ1) is 12.6. The van der Waals surface area contributed by atoms with Crippen LogP contribution in [0.2, 0.25) is 0 Å². The third kappa shape index (κ3) is 3.30. The maximum atomic E-state index is 3.45. The van der Waals surface area contributed by atoms with E-state index in [-0.39, 0.29) is 0 Å². The number of nitrogens with one attached hydrogen (secondary N) is 2. The van der Waals surface area contributed by atoms with Gasteiger partial charge in [0.05, 0.1) is 0 Å². The van der Waals surface area contributed by atoms with E-state index in [0.717, 1.165) is 12.5 Å². The van der Waals surface area contributed by atoms with Crippen molar-refractivity contribution >= 4 is 0 Å². The Balaban J connectivity index is 2.15. The normalized spacial score (nSPS) is 19.2. The smallest absolute Gasteiger partial charge is 0.00198 e. The van der Waals surface area contributed by atoms with E-state index in [1.807, 2.05) is 0 Å². The van der Waals surface area contributed by atoms with Crippen molar-refractivity contribution in [3.8, 4) is 0 Å². The van der Waals surface area contributed by atoms with Crippen LogP contribution in [0.1, 0.15) is 29.9 Å². The molecule has 2 nitrogen and oxygen atoms in total. The minimum Gasteiger partial charge on any atom is -0.319 e. The van der Waals surface area contributed by atoms with E-state index >= 15 is 0 Å². The summed E-state index contributed by atoms with van der Waals surface area (Å²) in [5.74, 6) is 1.49. The van der Waals surface area contributed by atoms with Gasteiger partial charge in [0.2, 0.25) is 0 Å². The third-order valence-corrected chi connectivity index (χ3v) is 3.85. The highest BCUT2D eigenvalue weighted by Crippen LogP contribution is 2.30. The first-order valence-electron chi connectivity index (χ1n) is 6.73. The summed E-state index contributed by atoms with van der Waals surface area (Å²) in [7, 11) is 2.06. The van der Waals surface area contributed by atoms with Crippen LogP contribution in [-0.4, -0.2) is 26.7 Å². The average Bonchev–Trinajstić information content (AvgIpc) is 2.37. The van der Waals surface area contributed by atoms with Crippen LogP contribution in [0, 0.1) is 12.8 Å². The lowest BCUT2D eigenvalue weighted by Gasteiger charge is -2.31. The van der Waals surface area contributed by atoms with Crippen LogP contribution in [-0.2, 0) is 0 Å². The molecule has 1 fully saturated rings. The standard InChI is InChI=1S/C15H24N2/c1-12-4-3-5-14(10-12)15(11-16-2)13-6-8-17-9-7-13/h3-5,10,13,15-17H,6-9,11H2,1-2H3. The summed E-state index contributed by atoms with van der Waals surface area (Å²) in [5.41, 5.74) is 2.88. The quantitative estimate of drug-likeness (QED) is 0.832. The Morgan fingerprint density at radius 3 is 2.76 bits per heavy atom. The molecule has 0 bridgehead atoms. The van der Waals surface area contributed by atoms with Gasteiger partial charge in [-0.25, -0.2) is 0 Å². The summed E-state index contributed by atoms with van der Waals surface area (Å²) < 4.78 is 0. The molecule has 0 aliphatic carbocycles. The molecule has 2 heteroatoms. The Hall–Kier alpha value is -0.860. The zero-order valence-corrected chi connectivity index (χ0v) is 11.0. The second-order valence-corrected chi connectivity index (χ2v) is 5.17. The number of piperidine rings is 1. The van der Waals surface area contributed by atoms with E-state index in [2.05, 4.69) is 48.9 Å². The molecule has 2 N–H and O–H groups in total. The van der Waals surface area contributed by atoms with Crippen molar-refractivity contribution < 1.29 is 0 Å². The molecule has 1 unspecified atom stereocenters. The van der Waals surface area contributed by atoms with E-state index in [0.29, 0.717) is 5.92 Å². The van der Waals surface area contributed by atoms with Crippen LogP contribution < -0.4 is 10.6 Å². The number of aryl methyl sites for hydroxylation is 1. The van der Waals surface area contributed by atoms with Gasteiger partial charge < -0.3 is 10.6 Å². The largest absolute Gasteiger partial charge is 0.319 e. The maximum Gasteiger partial charge on any atom is 0.00198 e. The predicted octanol–water partition coefficient (Wildman–Crippen LogP) is 2.30. The summed E-state index contributed by atoms with van der Waals surface area (Å²) >= 11 is 0. The van der Waals surface area contributed by atoms with Crippen molar-refractivity contribution in [2.75, 3.05) is 26.7 Å². The van der Waals surface area contributed by atoms with Crippen LogP contribution in [0.4, 0.5) is 0 Å². The summed E-state index contributed by atoms with van der Waals surface area (Å²) in [5, 5.41) is 6.82. The van der Waals surface area contributed by atoms with Crippen molar-refractivity contribution in [2.24, 2.45) is 5.92 Å². The van der Waals surface area contributed by atoms with E-state index in [9.17, 15) is 0 Å². The van der Waals surface area contributed by atoms with Gasteiger partial charge >= 0.3 is 0 Å². The zero-order chi connectivity index (χ0) is 12.1. The molecule has 1 heterocycles. The van der Waals surface area contributed by atoms with Crippen LogP contribution in [0.25, 0.3) is 0 Å². The van der Waals surface area contributed by atoms with E-state index in [1.54, 1.807) is 0 Å². The number of hydrogen-bond donors (Lipinski definition) is 2. The van der Waals surface area contributed by atoms with Gasteiger partial charge in [0.25, 0.3) is 0 Å². The molecule has 0 amide bonds. The average molecular weight is 232 g/mol. The van der Waals surface area contributed by atoms with Crippen molar-refractivity contribution in [2.45, 2.75) is 25.7 Å². The topological polar surface area (TPSA) is 24.1 Å². The van der Waals surface area contributed by atoms with Crippen molar-refractivity contribution in [1.29, 1.82) is 0 Å². The highest BCUT2D eigenvalue weighted by Gasteiger charge is 2.24. The summed E-state index contributed by atoms with van der Waals surface area (Å²) in [4.78, 5) is 0. The molecule has 0 saturated carbocycles. The molecule has 2 rings (SSSR count).